The number of unbranched alkanes of at least 4 members (excludes halogenated alkanes) is 2. The number of ether oxygens (including phenoxy) is 1. The minimum absolute atomic E-state index is 0.0397. The zero-order chi connectivity index (χ0) is 23.2. The maximum atomic E-state index is 12.7. The molecule has 0 bridgehead atoms. The van der Waals surface area contributed by atoms with Gasteiger partial charge in [0.1, 0.15) is 10.1 Å². The van der Waals surface area contributed by atoms with Gasteiger partial charge >= 0.3 is 0 Å². The molecule has 0 aliphatic carbocycles. The maximum Gasteiger partial charge on any atom is 0.266 e. The Balaban J connectivity index is 1.20. The molecule has 6 nitrogen and oxygen atoms in total. The molecule has 1 N–H and O–H groups in total. The third kappa shape index (κ3) is 5.98. The van der Waals surface area contributed by atoms with Crippen LogP contribution in [0.5, 0.6) is 5.75 Å². The van der Waals surface area contributed by atoms with Crippen molar-refractivity contribution >= 4 is 72.9 Å². The number of benzene rings is 2. The van der Waals surface area contributed by atoms with E-state index in [4.69, 9.17) is 17.0 Å². The first kappa shape index (κ1) is 23.4. The van der Waals surface area contributed by atoms with Crippen LogP contribution in [0, 0.1) is 0 Å². The number of nitrogens with zero attached hydrogens (tertiary/aromatic N) is 2. The van der Waals surface area contributed by atoms with Crippen molar-refractivity contribution in [1.82, 2.24) is 9.88 Å². The lowest BCUT2D eigenvalue weighted by Gasteiger charge is -2.14. The van der Waals surface area contributed by atoms with E-state index in [0.717, 1.165) is 40.8 Å². The fourth-order valence-corrected chi connectivity index (χ4v) is 5.57. The highest BCUT2D eigenvalue weighted by atomic mass is 32.2. The van der Waals surface area contributed by atoms with Crippen molar-refractivity contribution in [1.29, 1.82) is 0 Å². The van der Waals surface area contributed by atoms with E-state index in [9.17, 15) is 9.59 Å². The predicted octanol–water partition coefficient (Wildman–Crippen LogP) is 5.71. The molecule has 1 aromatic heterocycles. The number of carbonyl (C=O) groups is 2. The summed E-state index contributed by atoms with van der Waals surface area (Å²) in [6, 6.07) is 15.3. The van der Waals surface area contributed by atoms with Crippen LogP contribution in [0.4, 0.5) is 5.13 Å². The molecule has 2 aromatic carbocycles. The van der Waals surface area contributed by atoms with E-state index >= 15 is 0 Å². The number of hydrogen-bond acceptors (Lipinski definition) is 7. The molecule has 1 aliphatic rings. The van der Waals surface area contributed by atoms with E-state index in [1.165, 1.54) is 23.1 Å². The molecule has 1 saturated heterocycles. The molecule has 0 atom stereocenters. The number of rotatable bonds is 9. The van der Waals surface area contributed by atoms with Crippen LogP contribution in [-0.4, -0.2) is 39.7 Å². The number of thioether (sulfide) groups is 1. The monoisotopic (exact) mass is 497 g/mol. The fraction of sp³-hybridized carbons (Fsp3) is 0.250. The third-order valence-electron chi connectivity index (χ3n) is 5.11. The predicted molar refractivity (Wildman–Crippen MR) is 140 cm³/mol. The highest BCUT2D eigenvalue weighted by Crippen LogP contribution is 2.33. The van der Waals surface area contributed by atoms with Gasteiger partial charge in [0.15, 0.2) is 5.13 Å². The van der Waals surface area contributed by atoms with Gasteiger partial charge in [-0.1, -0.05) is 66.0 Å². The Hall–Kier alpha value is -2.75. The van der Waals surface area contributed by atoms with E-state index in [1.807, 2.05) is 54.6 Å². The largest absolute Gasteiger partial charge is 0.497 e. The molecular weight excluding hydrogens is 474 g/mol. The van der Waals surface area contributed by atoms with Gasteiger partial charge in [0.25, 0.3) is 5.91 Å². The lowest BCUT2D eigenvalue weighted by Crippen LogP contribution is -2.29. The van der Waals surface area contributed by atoms with Crippen LogP contribution >= 0.6 is 35.3 Å². The summed E-state index contributed by atoms with van der Waals surface area (Å²) in [5, 5.41) is 3.51. The standard InChI is InChI=1S/C24H23N3O3S3/c1-30-17-12-10-16(11-13-17)15-20-22(29)27(24(31)33-20)14-6-2-3-9-21(28)26-23-25-18-7-4-5-8-19(18)32-23/h4-5,7-8,10-13,15H,2-3,6,9,14H2,1H3,(H,25,26,28)/b20-15+. The molecule has 1 aliphatic heterocycles. The number of amides is 2. The third-order valence-corrected chi connectivity index (χ3v) is 7.44. The van der Waals surface area contributed by atoms with Crippen LogP contribution in [-0.2, 0) is 9.59 Å². The van der Waals surface area contributed by atoms with Crippen LogP contribution in [0.25, 0.3) is 16.3 Å². The van der Waals surface area contributed by atoms with Gasteiger partial charge in [0.2, 0.25) is 5.91 Å². The van der Waals surface area contributed by atoms with Crippen molar-refractivity contribution in [2.45, 2.75) is 25.7 Å². The molecule has 0 unspecified atom stereocenters. The maximum absolute atomic E-state index is 12.7. The second-order valence-electron chi connectivity index (χ2n) is 7.45. The molecule has 1 fully saturated rings. The quantitative estimate of drug-likeness (QED) is 0.232. The molecule has 4 rings (SSSR count). The smallest absolute Gasteiger partial charge is 0.266 e. The summed E-state index contributed by atoms with van der Waals surface area (Å²) in [4.78, 5) is 31.7. The Labute approximate surface area is 206 Å². The topological polar surface area (TPSA) is 71.5 Å². The lowest BCUT2D eigenvalue weighted by atomic mass is 10.1. The normalized spacial score (nSPS) is 14.9. The summed E-state index contributed by atoms with van der Waals surface area (Å²) in [5.41, 5.74) is 1.82. The molecule has 0 radical (unpaired) electrons. The number of carbonyl (C=O) groups excluding carboxylic acids is 2. The summed E-state index contributed by atoms with van der Waals surface area (Å²) in [6.45, 7) is 0.560. The molecule has 3 aromatic rings. The van der Waals surface area contributed by atoms with E-state index in [0.29, 0.717) is 27.3 Å². The molecular formula is C24H23N3O3S3. The van der Waals surface area contributed by atoms with Gasteiger partial charge in [-0.05, 0) is 48.7 Å². The first-order chi connectivity index (χ1) is 16.0. The second-order valence-corrected chi connectivity index (χ2v) is 10.2. The highest BCUT2D eigenvalue weighted by molar-refractivity contribution is 8.26. The van der Waals surface area contributed by atoms with Crippen molar-refractivity contribution < 1.29 is 14.3 Å². The molecule has 0 saturated carbocycles. The number of thiazole rings is 1. The number of methoxy groups -OCH3 is 1. The number of aromatic nitrogens is 1. The highest BCUT2D eigenvalue weighted by Gasteiger charge is 2.31. The number of hydrogen-bond donors (Lipinski definition) is 1. The van der Waals surface area contributed by atoms with Crippen molar-refractivity contribution in [2.75, 3.05) is 19.0 Å². The van der Waals surface area contributed by atoms with Gasteiger partial charge in [-0.3, -0.25) is 14.5 Å². The summed E-state index contributed by atoms with van der Waals surface area (Å²) in [5.74, 6) is 0.671. The second kappa shape index (κ2) is 10.9. The Morgan fingerprint density at radius 3 is 2.70 bits per heavy atom. The van der Waals surface area contributed by atoms with E-state index in [1.54, 1.807) is 12.0 Å². The van der Waals surface area contributed by atoms with Gasteiger partial charge < -0.3 is 10.1 Å². The number of nitrogens with one attached hydrogen (secondary N) is 1. The Morgan fingerprint density at radius 1 is 1.15 bits per heavy atom. The van der Waals surface area contributed by atoms with Gasteiger partial charge in [-0.25, -0.2) is 4.98 Å². The van der Waals surface area contributed by atoms with Crippen molar-refractivity contribution in [3.05, 3.63) is 59.0 Å². The number of para-hydroxylation sites is 1. The van der Waals surface area contributed by atoms with Gasteiger partial charge in [0, 0.05) is 13.0 Å². The van der Waals surface area contributed by atoms with Crippen molar-refractivity contribution in [3.63, 3.8) is 0 Å². The summed E-state index contributed by atoms with van der Waals surface area (Å²) >= 11 is 8.21. The Bertz CT molecular complexity index is 1170. The number of fused-ring (bicyclic) bond motifs is 1. The molecule has 2 heterocycles. The van der Waals surface area contributed by atoms with Crippen LogP contribution in [0.15, 0.2) is 53.4 Å². The fourth-order valence-electron chi connectivity index (χ4n) is 3.38. The molecule has 170 valence electrons. The first-order valence-electron chi connectivity index (χ1n) is 10.6. The van der Waals surface area contributed by atoms with Crippen molar-refractivity contribution in [3.8, 4) is 5.75 Å². The van der Waals surface area contributed by atoms with Crippen molar-refractivity contribution in [2.24, 2.45) is 0 Å². The number of anilines is 1. The zero-order valence-corrected chi connectivity index (χ0v) is 20.5. The molecule has 2 amide bonds. The average molecular weight is 498 g/mol. The Morgan fingerprint density at radius 2 is 1.94 bits per heavy atom. The van der Waals surface area contributed by atoms with E-state index < -0.39 is 0 Å². The van der Waals surface area contributed by atoms with E-state index in [2.05, 4.69) is 10.3 Å². The number of thiocarbonyl (C=S) groups is 1. The average Bonchev–Trinajstić information content (AvgIpc) is 3.34. The zero-order valence-electron chi connectivity index (χ0n) is 18.1. The molecule has 0 spiro atoms. The summed E-state index contributed by atoms with van der Waals surface area (Å²) in [6.07, 6.45) is 4.64. The summed E-state index contributed by atoms with van der Waals surface area (Å²) < 4.78 is 6.80. The van der Waals surface area contributed by atoms with E-state index in [-0.39, 0.29) is 11.8 Å². The van der Waals surface area contributed by atoms with Gasteiger partial charge in [0.05, 0.1) is 22.2 Å². The van der Waals surface area contributed by atoms with Crippen LogP contribution in [0.2, 0.25) is 0 Å². The minimum Gasteiger partial charge on any atom is -0.497 e. The van der Waals surface area contributed by atoms with Gasteiger partial charge in [-0.2, -0.15) is 0 Å². The summed E-state index contributed by atoms with van der Waals surface area (Å²) in [7, 11) is 1.62. The molecule has 33 heavy (non-hydrogen) atoms. The first-order valence-corrected chi connectivity index (χ1v) is 12.6. The SMILES string of the molecule is COc1ccc(/C=C2/SC(=S)N(CCCCCC(=O)Nc3nc4ccccc4s3)C2=O)cc1. The van der Waals surface area contributed by atoms with Crippen LogP contribution in [0.3, 0.4) is 0 Å². The Kier molecular flexibility index (Phi) is 7.74. The minimum atomic E-state index is -0.0607. The molecule has 9 heteroatoms. The van der Waals surface area contributed by atoms with Crippen LogP contribution < -0.4 is 10.1 Å². The van der Waals surface area contributed by atoms with Gasteiger partial charge in [-0.15, -0.1) is 0 Å². The van der Waals surface area contributed by atoms with Crippen LogP contribution in [0.1, 0.15) is 31.2 Å². The lowest BCUT2D eigenvalue weighted by molar-refractivity contribution is -0.122.